The Bertz CT molecular complexity index is 906. The fraction of sp³-hybridized carbons (Fsp3) is 0.273. The predicted molar refractivity (Wildman–Crippen MR) is 72.6 cm³/mol. The highest BCUT2D eigenvalue weighted by Gasteiger charge is 2.19. The van der Waals surface area contributed by atoms with Crippen molar-refractivity contribution < 1.29 is 25.6 Å². The molecule has 0 bridgehead atoms. The number of aromatic nitrogens is 2. The van der Waals surface area contributed by atoms with E-state index in [1.165, 1.54) is 13.0 Å². The van der Waals surface area contributed by atoms with Crippen LogP contribution in [0.2, 0.25) is 0 Å². The van der Waals surface area contributed by atoms with Crippen LogP contribution in [0.5, 0.6) is 0 Å². The average molecular weight is 349 g/mol. The van der Waals surface area contributed by atoms with Crippen molar-refractivity contribution in [2.75, 3.05) is 6.26 Å². The van der Waals surface area contributed by atoms with Crippen LogP contribution in [0.1, 0.15) is 11.5 Å². The van der Waals surface area contributed by atoms with Gasteiger partial charge in [-0.05, 0) is 30.7 Å². The van der Waals surface area contributed by atoms with Gasteiger partial charge < -0.3 is 4.42 Å². The smallest absolute Gasteiger partial charge is 0.335 e. The molecule has 1 aromatic carbocycles. The quantitative estimate of drug-likeness (QED) is 0.829. The highest BCUT2D eigenvalue weighted by molar-refractivity contribution is 7.90. The van der Waals surface area contributed by atoms with Gasteiger partial charge in [-0.1, -0.05) is 5.10 Å². The molecule has 0 aliphatic carbocycles. The van der Waals surface area contributed by atoms with Crippen LogP contribution in [0.4, 0.5) is 4.39 Å². The van der Waals surface area contributed by atoms with Gasteiger partial charge in [0.1, 0.15) is 5.82 Å². The van der Waals surface area contributed by atoms with Crippen molar-refractivity contribution in [3.8, 4) is 0 Å². The minimum atomic E-state index is -3.92. The molecule has 11 heteroatoms. The molecule has 1 N–H and O–H groups in total. The van der Waals surface area contributed by atoms with Gasteiger partial charge in [0.2, 0.25) is 25.8 Å². The summed E-state index contributed by atoms with van der Waals surface area (Å²) in [5, 5.41) is 6.13. The maximum absolute atomic E-state index is 13.1. The molecule has 2 rings (SSSR count). The Hall–Kier alpha value is -1.85. The second kappa shape index (κ2) is 5.74. The second-order valence-electron chi connectivity index (χ2n) is 4.47. The van der Waals surface area contributed by atoms with E-state index in [0.717, 1.165) is 18.4 Å². The van der Waals surface area contributed by atoms with E-state index < -0.39 is 30.9 Å². The lowest BCUT2D eigenvalue weighted by molar-refractivity contribution is 0.394. The fourth-order valence-corrected chi connectivity index (χ4v) is 2.98. The van der Waals surface area contributed by atoms with E-state index in [1.54, 1.807) is 0 Å². The lowest BCUT2D eigenvalue weighted by Gasteiger charge is -2.06. The number of sulfone groups is 1. The molecule has 1 heterocycles. The van der Waals surface area contributed by atoms with Crippen molar-refractivity contribution in [3.05, 3.63) is 35.5 Å². The summed E-state index contributed by atoms with van der Waals surface area (Å²) in [5.41, 5.74) is 0.181. The van der Waals surface area contributed by atoms with Crippen molar-refractivity contribution in [1.29, 1.82) is 0 Å². The first-order valence-corrected chi connectivity index (χ1v) is 9.25. The van der Waals surface area contributed by atoms with Crippen LogP contribution in [-0.2, 0) is 26.4 Å². The molecule has 0 fully saturated rings. The zero-order valence-electron chi connectivity index (χ0n) is 11.6. The Morgan fingerprint density at radius 1 is 1.23 bits per heavy atom. The van der Waals surface area contributed by atoms with Crippen LogP contribution >= 0.6 is 0 Å². The summed E-state index contributed by atoms with van der Waals surface area (Å²) in [5.74, 6) is -0.725. The first kappa shape index (κ1) is 16.5. The standard InChI is InChI=1S/C11H12FN3O5S2/c1-7-5-8(3-4-9(7)12)22(18,19)13-6-10-14-15-11(20-10)21(2,16)17/h3-5,13H,6H2,1-2H3. The third-order valence-corrected chi connectivity index (χ3v) is 4.82. The number of benzene rings is 1. The topological polar surface area (TPSA) is 119 Å². The van der Waals surface area contributed by atoms with E-state index in [4.69, 9.17) is 4.42 Å². The van der Waals surface area contributed by atoms with Gasteiger partial charge in [-0.3, -0.25) is 0 Å². The maximum atomic E-state index is 13.1. The molecule has 0 saturated heterocycles. The van der Waals surface area contributed by atoms with Gasteiger partial charge in [0.05, 0.1) is 11.4 Å². The molecular formula is C11H12FN3O5S2. The van der Waals surface area contributed by atoms with Crippen LogP contribution in [-0.4, -0.2) is 33.3 Å². The number of hydrogen-bond acceptors (Lipinski definition) is 7. The van der Waals surface area contributed by atoms with Gasteiger partial charge in [-0.2, -0.15) is 0 Å². The molecule has 120 valence electrons. The molecule has 0 aliphatic heterocycles. The van der Waals surface area contributed by atoms with E-state index in [1.807, 2.05) is 0 Å². The highest BCUT2D eigenvalue weighted by Crippen LogP contribution is 2.14. The number of aryl methyl sites for hydroxylation is 1. The summed E-state index contributed by atoms with van der Waals surface area (Å²) >= 11 is 0. The summed E-state index contributed by atoms with van der Waals surface area (Å²) in [7, 11) is -7.58. The lowest BCUT2D eigenvalue weighted by Crippen LogP contribution is -2.23. The molecule has 1 aromatic heterocycles. The number of nitrogens with one attached hydrogen (secondary N) is 1. The van der Waals surface area contributed by atoms with Crippen molar-refractivity contribution in [2.45, 2.75) is 23.6 Å². The number of nitrogens with zero attached hydrogens (tertiary/aromatic N) is 2. The van der Waals surface area contributed by atoms with E-state index in [2.05, 4.69) is 14.9 Å². The monoisotopic (exact) mass is 349 g/mol. The van der Waals surface area contributed by atoms with Crippen LogP contribution in [0.3, 0.4) is 0 Å². The molecule has 0 radical (unpaired) electrons. The number of rotatable bonds is 5. The molecule has 2 aromatic rings. The van der Waals surface area contributed by atoms with Crippen LogP contribution in [0, 0.1) is 12.7 Å². The molecule has 0 unspecified atom stereocenters. The minimum Gasteiger partial charge on any atom is -0.411 e. The molecule has 0 amide bonds. The van der Waals surface area contributed by atoms with E-state index in [0.29, 0.717) is 0 Å². The second-order valence-corrected chi connectivity index (χ2v) is 8.13. The average Bonchev–Trinajstić information content (AvgIpc) is 2.88. The maximum Gasteiger partial charge on any atom is 0.335 e. The molecule has 0 atom stereocenters. The predicted octanol–water partition coefficient (Wildman–Crippen LogP) is 0.399. The van der Waals surface area contributed by atoms with Gasteiger partial charge >= 0.3 is 5.22 Å². The van der Waals surface area contributed by atoms with Crippen molar-refractivity contribution in [1.82, 2.24) is 14.9 Å². The summed E-state index contributed by atoms with van der Waals surface area (Å²) < 4.78 is 66.5. The molecule has 22 heavy (non-hydrogen) atoms. The molecule has 0 saturated carbocycles. The van der Waals surface area contributed by atoms with Gasteiger partial charge in [-0.15, -0.1) is 5.10 Å². The normalized spacial score (nSPS) is 12.5. The Labute approximate surface area is 126 Å². The summed E-state index contributed by atoms with van der Waals surface area (Å²) in [6, 6.07) is 3.33. The van der Waals surface area contributed by atoms with E-state index >= 15 is 0 Å². The molecular weight excluding hydrogens is 337 g/mol. The van der Waals surface area contributed by atoms with Crippen LogP contribution in [0.15, 0.2) is 32.7 Å². The number of halogens is 1. The molecule has 0 aliphatic rings. The first-order valence-electron chi connectivity index (χ1n) is 5.88. The van der Waals surface area contributed by atoms with Crippen LogP contribution in [0.25, 0.3) is 0 Å². The Kier molecular flexibility index (Phi) is 4.31. The van der Waals surface area contributed by atoms with Gasteiger partial charge in [0.25, 0.3) is 0 Å². The van der Waals surface area contributed by atoms with Gasteiger partial charge in [0.15, 0.2) is 0 Å². The third kappa shape index (κ3) is 3.67. The zero-order valence-corrected chi connectivity index (χ0v) is 13.2. The minimum absolute atomic E-state index is 0.130. The first-order chi connectivity index (χ1) is 10.1. The largest absolute Gasteiger partial charge is 0.411 e. The van der Waals surface area contributed by atoms with Crippen molar-refractivity contribution in [2.24, 2.45) is 0 Å². The number of hydrogen-bond donors (Lipinski definition) is 1. The molecule has 0 spiro atoms. The van der Waals surface area contributed by atoms with E-state index in [9.17, 15) is 21.2 Å². The van der Waals surface area contributed by atoms with Gasteiger partial charge in [-0.25, -0.2) is 25.9 Å². The molecule has 8 nitrogen and oxygen atoms in total. The van der Waals surface area contributed by atoms with Crippen molar-refractivity contribution in [3.63, 3.8) is 0 Å². The summed E-state index contributed by atoms with van der Waals surface area (Å²) in [6.07, 6.45) is 0.885. The summed E-state index contributed by atoms with van der Waals surface area (Å²) in [6.45, 7) is 1.05. The summed E-state index contributed by atoms with van der Waals surface area (Å²) in [4.78, 5) is -0.130. The van der Waals surface area contributed by atoms with Gasteiger partial charge in [0, 0.05) is 6.26 Å². The fourth-order valence-electron chi connectivity index (χ4n) is 1.48. The lowest BCUT2D eigenvalue weighted by atomic mass is 10.2. The highest BCUT2D eigenvalue weighted by atomic mass is 32.2. The van der Waals surface area contributed by atoms with Crippen molar-refractivity contribution >= 4 is 19.9 Å². The Morgan fingerprint density at radius 2 is 1.91 bits per heavy atom. The Balaban J connectivity index is 2.16. The number of sulfonamides is 1. The van der Waals surface area contributed by atoms with E-state index in [-0.39, 0.29) is 22.9 Å². The Morgan fingerprint density at radius 3 is 2.45 bits per heavy atom. The zero-order chi connectivity index (χ0) is 16.5. The third-order valence-electron chi connectivity index (χ3n) is 2.62. The van der Waals surface area contributed by atoms with Crippen LogP contribution < -0.4 is 4.72 Å². The SMILES string of the molecule is Cc1cc(S(=O)(=O)NCc2nnc(S(C)(=O)=O)o2)ccc1F.